The van der Waals surface area contributed by atoms with Gasteiger partial charge in [-0.15, -0.1) is 0 Å². The standard InChI is InChI=1S/C12H16BrN3O3/c1-14(2)6-7-15(3)12(17)10-8-9(16(18)19)4-5-11(10)13/h4-5,8H,6-7H2,1-3H3. The van der Waals surface area contributed by atoms with E-state index in [0.717, 1.165) is 6.54 Å². The maximum Gasteiger partial charge on any atom is 0.270 e. The van der Waals surface area contributed by atoms with E-state index < -0.39 is 4.92 Å². The van der Waals surface area contributed by atoms with Gasteiger partial charge in [0.2, 0.25) is 0 Å². The number of nitro benzene ring substituents is 1. The number of nitro groups is 1. The van der Waals surface area contributed by atoms with Gasteiger partial charge in [-0.3, -0.25) is 14.9 Å². The van der Waals surface area contributed by atoms with E-state index in [-0.39, 0.29) is 11.6 Å². The minimum absolute atomic E-state index is 0.0902. The van der Waals surface area contributed by atoms with E-state index in [0.29, 0.717) is 16.6 Å². The zero-order valence-electron chi connectivity index (χ0n) is 11.1. The van der Waals surface area contributed by atoms with Crippen molar-refractivity contribution in [3.8, 4) is 0 Å². The Morgan fingerprint density at radius 1 is 1.32 bits per heavy atom. The molecule has 0 radical (unpaired) electrons. The number of nitrogens with zero attached hydrogens (tertiary/aromatic N) is 3. The third kappa shape index (κ3) is 4.29. The molecule has 7 heteroatoms. The summed E-state index contributed by atoms with van der Waals surface area (Å²) in [5.41, 5.74) is 0.211. The van der Waals surface area contributed by atoms with E-state index in [1.807, 2.05) is 19.0 Å². The fraction of sp³-hybridized carbons (Fsp3) is 0.417. The molecule has 19 heavy (non-hydrogen) atoms. The van der Waals surface area contributed by atoms with Crippen LogP contribution in [0.1, 0.15) is 10.4 Å². The van der Waals surface area contributed by atoms with Gasteiger partial charge < -0.3 is 9.80 Å². The largest absolute Gasteiger partial charge is 0.340 e. The average molecular weight is 330 g/mol. The molecule has 0 spiro atoms. The van der Waals surface area contributed by atoms with Crippen LogP contribution < -0.4 is 0 Å². The van der Waals surface area contributed by atoms with Gasteiger partial charge in [0, 0.05) is 36.7 Å². The second kappa shape index (κ2) is 6.63. The summed E-state index contributed by atoms with van der Waals surface area (Å²) in [5.74, 6) is -0.238. The van der Waals surface area contributed by atoms with Crippen molar-refractivity contribution in [1.29, 1.82) is 0 Å². The molecule has 1 rings (SSSR count). The average Bonchev–Trinajstić information content (AvgIpc) is 2.35. The van der Waals surface area contributed by atoms with Gasteiger partial charge in [-0.2, -0.15) is 0 Å². The number of hydrogen-bond acceptors (Lipinski definition) is 4. The van der Waals surface area contributed by atoms with Gasteiger partial charge in [0.25, 0.3) is 11.6 Å². The summed E-state index contributed by atoms with van der Waals surface area (Å²) in [6, 6.07) is 4.17. The molecule has 104 valence electrons. The summed E-state index contributed by atoms with van der Waals surface area (Å²) in [6.07, 6.45) is 0. The Morgan fingerprint density at radius 2 is 1.95 bits per heavy atom. The van der Waals surface area contributed by atoms with E-state index in [4.69, 9.17) is 0 Å². The number of rotatable bonds is 5. The highest BCUT2D eigenvalue weighted by molar-refractivity contribution is 9.10. The zero-order chi connectivity index (χ0) is 14.6. The van der Waals surface area contributed by atoms with Crippen molar-refractivity contribution in [2.24, 2.45) is 0 Å². The highest BCUT2D eigenvalue weighted by Crippen LogP contribution is 2.23. The van der Waals surface area contributed by atoms with E-state index >= 15 is 0 Å². The highest BCUT2D eigenvalue weighted by atomic mass is 79.9. The SMILES string of the molecule is CN(C)CCN(C)C(=O)c1cc([N+](=O)[O-])ccc1Br. The Labute approximate surface area is 120 Å². The number of amides is 1. The van der Waals surface area contributed by atoms with E-state index in [1.165, 1.54) is 18.2 Å². The highest BCUT2D eigenvalue weighted by Gasteiger charge is 2.18. The van der Waals surface area contributed by atoms with Crippen molar-refractivity contribution in [2.75, 3.05) is 34.2 Å². The first-order chi connectivity index (χ1) is 8.82. The Kier molecular flexibility index (Phi) is 5.44. The summed E-state index contributed by atoms with van der Waals surface area (Å²) in [7, 11) is 5.51. The van der Waals surface area contributed by atoms with Crippen LogP contribution in [-0.4, -0.2) is 54.9 Å². The van der Waals surface area contributed by atoms with Gasteiger partial charge in [-0.05, 0) is 36.1 Å². The molecule has 0 fully saturated rings. The number of carbonyl (C=O) groups excluding carboxylic acids is 1. The molecule has 0 saturated carbocycles. The van der Waals surface area contributed by atoms with Crippen molar-refractivity contribution >= 4 is 27.5 Å². The maximum absolute atomic E-state index is 12.2. The van der Waals surface area contributed by atoms with Crippen LogP contribution in [-0.2, 0) is 0 Å². The quantitative estimate of drug-likeness (QED) is 0.612. The van der Waals surface area contributed by atoms with Crippen LogP contribution in [0.2, 0.25) is 0 Å². The predicted octanol–water partition coefficient (Wildman–Crippen LogP) is 1.99. The lowest BCUT2D eigenvalue weighted by Gasteiger charge is -2.20. The first-order valence-corrected chi connectivity index (χ1v) is 6.46. The summed E-state index contributed by atoms with van der Waals surface area (Å²) in [6.45, 7) is 1.29. The minimum Gasteiger partial charge on any atom is -0.340 e. The smallest absolute Gasteiger partial charge is 0.270 e. The first kappa shape index (κ1) is 15.6. The van der Waals surface area contributed by atoms with E-state index in [2.05, 4.69) is 15.9 Å². The molecule has 1 aromatic carbocycles. The number of carbonyl (C=O) groups is 1. The van der Waals surface area contributed by atoms with Crippen molar-refractivity contribution in [3.05, 3.63) is 38.3 Å². The monoisotopic (exact) mass is 329 g/mol. The van der Waals surface area contributed by atoms with Crippen LogP contribution in [0.15, 0.2) is 22.7 Å². The van der Waals surface area contributed by atoms with Crippen LogP contribution >= 0.6 is 15.9 Å². The van der Waals surface area contributed by atoms with Crippen LogP contribution in [0, 0.1) is 10.1 Å². The van der Waals surface area contributed by atoms with Crippen LogP contribution in [0.25, 0.3) is 0 Å². The molecule has 0 aliphatic heterocycles. The molecule has 0 unspecified atom stereocenters. The van der Waals surface area contributed by atoms with Crippen LogP contribution in [0.5, 0.6) is 0 Å². The Hall–Kier alpha value is -1.47. The third-order valence-electron chi connectivity index (χ3n) is 2.62. The number of non-ortho nitro benzene ring substituents is 1. The van der Waals surface area contributed by atoms with Gasteiger partial charge in [0.1, 0.15) is 0 Å². The number of halogens is 1. The van der Waals surface area contributed by atoms with E-state index in [9.17, 15) is 14.9 Å². The molecule has 0 atom stereocenters. The molecule has 0 aromatic heterocycles. The normalized spacial score (nSPS) is 10.6. The molecule has 6 nitrogen and oxygen atoms in total. The zero-order valence-corrected chi connectivity index (χ0v) is 12.7. The summed E-state index contributed by atoms with van der Waals surface area (Å²) in [5, 5.41) is 10.7. The summed E-state index contributed by atoms with van der Waals surface area (Å²) in [4.78, 5) is 25.9. The molecular formula is C12H16BrN3O3. The predicted molar refractivity (Wildman–Crippen MR) is 76.3 cm³/mol. The van der Waals surface area contributed by atoms with Crippen LogP contribution in [0.4, 0.5) is 5.69 Å². The molecular weight excluding hydrogens is 314 g/mol. The fourth-order valence-corrected chi connectivity index (χ4v) is 1.86. The van der Waals surface area contributed by atoms with Crippen molar-refractivity contribution in [1.82, 2.24) is 9.80 Å². The van der Waals surface area contributed by atoms with Gasteiger partial charge in [-0.1, -0.05) is 0 Å². The molecule has 0 saturated heterocycles. The number of hydrogen-bond donors (Lipinski definition) is 0. The second-order valence-electron chi connectivity index (χ2n) is 4.45. The fourth-order valence-electron chi connectivity index (χ4n) is 1.45. The Morgan fingerprint density at radius 3 is 2.47 bits per heavy atom. The van der Waals surface area contributed by atoms with Crippen molar-refractivity contribution < 1.29 is 9.72 Å². The van der Waals surface area contributed by atoms with E-state index in [1.54, 1.807) is 11.9 Å². The minimum atomic E-state index is -0.511. The van der Waals surface area contributed by atoms with Gasteiger partial charge in [0.15, 0.2) is 0 Å². The first-order valence-electron chi connectivity index (χ1n) is 5.67. The molecule has 1 amide bonds. The Bertz CT molecular complexity index is 491. The van der Waals surface area contributed by atoms with Crippen LogP contribution in [0.3, 0.4) is 0 Å². The summed E-state index contributed by atoms with van der Waals surface area (Å²) < 4.78 is 0.555. The molecule has 1 aromatic rings. The molecule has 0 N–H and O–H groups in total. The molecule has 0 bridgehead atoms. The van der Waals surface area contributed by atoms with Crippen molar-refractivity contribution in [2.45, 2.75) is 0 Å². The number of likely N-dealkylation sites (N-methyl/N-ethyl adjacent to an activating group) is 2. The molecule has 0 aliphatic rings. The van der Waals surface area contributed by atoms with Crippen molar-refractivity contribution in [3.63, 3.8) is 0 Å². The molecule has 0 aliphatic carbocycles. The van der Waals surface area contributed by atoms with Gasteiger partial charge in [-0.25, -0.2) is 0 Å². The Balaban J connectivity index is 2.92. The third-order valence-corrected chi connectivity index (χ3v) is 3.31. The number of benzene rings is 1. The summed E-state index contributed by atoms with van der Waals surface area (Å²) >= 11 is 3.25. The lowest BCUT2D eigenvalue weighted by atomic mass is 10.2. The topological polar surface area (TPSA) is 66.7 Å². The maximum atomic E-state index is 12.2. The molecule has 0 heterocycles. The van der Waals surface area contributed by atoms with Gasteiger partial charge >= 0.3 is 0 Å². The second-order valence-corrected chi connectivity index (χ2v) is 5.31. The lowest BCUT2D eigenvalue weighted by molar-refractivity contribution is -0.384. The lowest BCUT2D eigenvalue weighted by Crippen LogP contribution is -2.33. The van der Waals surface area contributed by atoms with Gasteiger partial charge in [0.05, 0.1) is 10.5 Å².